The molecule has 6 heteroatoms. The maximum absolute atomic E-state index is 12.1. The largest absolute Gasteiger partial charge is 0.370 e. The van der Waals surface area contributed by atoms with Crippen LogP contribution in [0.5, 0.6) is 0 Å². The highest BCUT2D eigenvalue weighted by Crippen LogP contribution is 2.24. The molecule has 3 rings (SSSR count). The van der Waals surface area contributed by atoms with E-state index in [9.17, 15) is 4.79 Å². The SMILES string of the molecule is Cc1cncc(C(=O)NCc2cnc(C3CCCCO3)nc2)c1. The zero-order valence-electron chi connectivity index (χ0n) is 13.2. The Morgan fingerprint density at radius 1 is 1.26 bits per heavy atom. The van der Waals surface area contributed by atoms with E-state index in [0.717, 1.165) is 42.8 Å². The van der Waals surface area contributed by atoms with Crippen molar-refractivity contribution in [1.82, 2.24) is 20.3 Å². The van der Waals surface area contributed by atoms with Gasteiger partial charge in [0, 0.05) is 43.5 Å². The molecule has 6 nitrogen and oxygen atoms in total. The Labute approximate surface area is 135 Å². The Bertz CT molecular complexity index is 667. The van der Waals surface area contributed by atoms with E-state index < -0.39 is 0 Å². The summed E-state index contributed by atoms with van der Waals surface area (Å²) in [5.74, 6) is 0.573. The molecule has 23 heavy (non-hydrogen) atoms. The highest BCUT2D eigenvalue weighted by atomic mass is 16.5. The number of hydrogen-bond acceptors (Lipinski definition) is 5. The van der Waals surface area contributed by atoms with E-state index in [0.29, 0.717) is 12.1 Å². The fourth-order valence-corrected chi connectivity index (χ4v) is 2.53. The van der Waals surface area contributed by atoms with Crippen LogP contribution in [0.3, 0.4) is 0 Å². The van der Waals surface area contributed by atoms with Crippen LogP contribution >= 0.6 is 0 Å². The van der Waals surface area contributed by atoms with Gasteiger partial charge in [-0.2, -0.15) is 0 Å². The molecular formula is C17H20N4O2. The summed E-state index contributed by atoms with van der Waals surface area (Å²) in [5, 5.41) is 2.85. The third-order valence-electron chi connectivity index (χ3n) is 3.78. The molecule has 1 atom stereocenters. The summed E-state index contributed by atoms with van der Waals surface area (Å²) < 4.78 is 5.67. The molecule has 1 aliphatic rings. The number of ether oxygens (including phenoxy) is 1. The van der Waals surface area contributed by atoms with Crippen LogP contribution in [-0.4, -0.2) is 27.5 Å². The Hall–Kier alpha value is -2.34. The smallest absolute Gasteiger partial charge is 0.253 e. The number of amides is 1. The summed E-state index contributed by atoms with van der Waals surface area (Å²) >= 11 is 0. The monoisotopic (exact) mass is 312 g/mol. The number of carbonyl (C=O) groups is 1. The predicted octanol–water partition coefficient (Wildman–Crippen LogP) is 2.35. The molecule has 1 fully saturated rings. The fourth-order valence-electron chi connectivity index (χ4n) is 2.53. The summed E-state index contributed by atoms with van der Waals surface area (Å²) in [5.41, 5.74) is 2.37. The first-order chi connectivity index (χ1) is 11.2. The van der Waals surface area contributed by atoms with Gasteiger partial charge in [0.15, 0.2) is 5.82 Å². The summed E-state index contributed by atoms with van der Waals surface area (Å²) in [7, 11) is 0. The van der Waals surface area contributed by atoms with Crippen molar-refractivity contribution in [2.24, 2.45) is 0 Å². The lowest BCUT2D eigenvalue weighted by Crippen LogP contribution is -2.23. The van der Waals surface area contributed by atoms with E-state index in [2.05, 4.69) is 20.3 Å². The second-order valence-electron chi connectivity index (χ2n) is 5.74. The summed E-state index contributed by atoms with van der Waals surface area (Å²) in [6.07, 6.45) is 10.00. The number of nitrogens with zero attached hydrogens (tertiary/aromatic N) is 3. The molecule has 0 spiro atoms. The first-order valence-corrected chi connectivity index (χ1v) is 7.84. The average Bonchev–Trinajstić information content (AvgIpc) is 2.61. The van der Waals surface area contributed by atoms with Crippen LogP contribution in [0, 0.1) is 6.92 Å². The van der Waals surface area contributed by atoms with Gasteiger partial charge in [0.2, 0.25) is 0 Å². The lowest BCUT2D eigenvalue weighted by Gasteiger charge is -2.21. The van der Waals surface area contributed by atoms with E-state index in [1.807, 2.05) is 13.0 Å². The minimum atomic E-state index is -0.152. The minimum Gasteiger partial charge on any atom is -0.370 e. The first kappa shape index (κ1) is 15.6. The van der Waals surface area contributed by atoms with E-state index in [1.165, 1.54) is 0 Å². The van der Waals surface area contributed by atoms with Crippen molar-refractivity contribution in [2.75, 3.05) is 6.61 Å². The molecule has 3 heterocycles. The van der Waals surface area contributed by atoms with Gasteiger partial charge in [-0.1, -0.05) is 0 Å². The van der Waals surface area contributed by atoms with Crippen molar-refractivity contribution in [2.45, 2.75) is 38.8 Å². The number of pyridine rings is 1. The zero-order valence-corrected chi connectivity index (χ0v) is 13.2. The lowest BCUT2D eigenvalue weighted by atomic mass is 10.1. The third kappa shape index (κ3) is 4.10. The third-order valence-corrected chi connectivity index (χ3v) is 3.78. The molecule has 2 aromatic heterocycles. The molecule has 0 radical (unpaired) electrons. The molecule has 1 unspecified atom stereocenters. The normalized spacial score (nSPS) is 17.7. The maximum atomic E-state index is 12.1. The molecule has 2 aromatic rings. The number of hydrogen-bond donors (Lipinski definition) is 1. The van der Waals surface area contributed by atoms with Gasteiger partial charge >= 0.3 is 0 Å². The van der Waals surface area contributed by atoms with Gasteiger partial charge in [-0.25, -0.2) is 9.97 Å². The van der Waals surface area contributed by atoms with Gasteiger partial charge in [-0.05, 0) is 37.8 Å². The van der Waals surface area contributed by atoms with Crippen LogP contribution in [0.1, 0.15) is 52.7 Å². The highest BCUT2D eigenvalue weighted by molar-refractivity contribution is 5.93. The Balaban J connectivity index is 1.57. The van der Waals surface area contributed by atoms with Crippen molar-refractivity contribution in [3.63, 3.8) is 0 Å². The maximum Gasteiger partial charge on any atom is 0.253 e. The fraction of sp³-hybridized carbons (Fsp3) is 0.412. The molecule has 0 bridgehead atoms. The van der Waals surface area contributed by atoms with Gasteiger partial charge in [0.05, 0.1) is 5.56 Å². The van der Waals surface area contributed by atoms with Crippen LogP contribution < -0.4 is 5.32 Å². The number of rotatable bonds is 4. The summed E-state index contributed by atoms with van der Waals surface area (Å²) in [6.45, 7) is 3.07. The van der Waals surface area contributed by atoms with E-state index >= 15 is 0 Å². The lowest BCUT2D eigenvalue weighted by molar-refractivity contribution is 0.00940. The second-order valence-corrected chi connectivity index (χ2v) is 5.74. The molecule has 1 amide bonds. The summed E-state index contributed by atoms with van der Waals surface area (Å²) in [6, 6.07) is 1.81. The van der Waals surface area contributed by atoms with Crippen molar-refractivity contribution in [3.8, 4) is 0 Å². The van der Waals surface area contributed by atoms with E-state index in [4.69, 9.17) is 4.74 Å². The molecule has 1 saturated heterocycles. The van der Waals surface area contributed by atoms with Crippen molar-refractivity contribution < 1.29 is 9.53 Å². The predicted molar refractivity (Wildman–Crippen MR) is 84.7 cm³/mol. The minimum absolute atomic E-state index is 0.00533. The van der Waals surface area contributed by atoms with Crippen LogP contribution in [0.4, 0.5) is 0 Å². The quantitative estimate of drug-likeness (QED) is 0.937. The molecular weight excluding hydrogens is 292 g/mol. The Kier molecular flexibility index (Phi) is 4.92. The zero-order chi connectivity index (χ0) is 16.1. The van der Waals surface area contributed by atoms with Crippen LogP contribution in [0.2, 0.25) is 0 Å². The Morgan fingerprint density at radius 3 is 2.78 bits per heavy atom. The van der Waals surface area contributed by atoms with Crippen molar-refractivity contribution in [3.05, 3.63) is 53.4 Å². The van der Waals surface area contributed by atoms with Gasteiger partial charge < -0.3 is 10.1 Å². The van der Waals surface area contributed by atoms with Gasteiger partial charge in [-0.3, -0.25) is 9.78 Å². The Morgan fingerprint density at radius 2 is 2.09 bits per heavy atom. The first-order valence-electron chi connectivity index (χ1n) is 7.84. The van der Waals surface area contributed by atoms with E-state index in [-0.39, 0.29) is 12.0 Å². The molecule has 1 aliphatic heterocycles. The van der Waals surface area contributed by atoms with Crippen molar-refractivity contribution in [1.29, 1.82) is 0 Å². The molecule has 0 aliphatic carbocycles. The van der Waals surface area contributed by atoms with Gasteiger partial charge in [0.25, 0.3) is 5.91 Å². The van der Waals surface area contributed by atoms with E-state index in [1.54, 1.807) is 24.8 Å². The van der Waals surface area contributed by atoms with Crippen LogP contribution in [-0.2, 0) is 11.3 Å². The highest BCUT2D eigenvalue weighted by Gasteiger charge is 2.18. The van der Waals surface area contributed by atoms with Gasteiger partial charge in [-0.15, -0.1) is 0 Å². The van der Waals surface area contributed by atoms with Crippen LogP contribution in [0.15, 0.2) is 30.9 Å². The number of aromatic nitrogens is 3. The second kappa shape index (κ2) is 7.28. The number of carbonyl (C=O) groups excluding carboxylic acids is 1. The number of aryl methyl sites for hydroxylation is 1. The summed E-state index contributed by atoms with van der Waals surface area (Å²) in [4.78, 5) is 24.8. The number of nitrogens with one attached hydrogen (secondary N) is 1. The molecule has 120 valence electrons. The standard InChI is InChI=1S/C17H20N4O2/c1-12-6-14(11-18-7-12)17(22)21-10-13-8-19-16(20-9-13)15-4-2-3-5-23-15/h6-9,11,15H,2-5,10H2,1H3,(H,21,22). The molecule has 1 N–H and O–H groups in total. The topological polar surface area (TPSA) is 77.0 Å². The average molecular weight is 312 g/mol. The van der Waals surface area contributed by atoms with Crippen molar-refractivity contribution >= 4 is 5.91 Å². The molecule has 0 saturated carbocycles. The van der Waals surface area contributed by atoms with Crippen LogP contribution in [0.25, 0.3) is 0 Å². The molecule has 0 aromatic carbocycles. The van der Waals surface area contributed by atoms with Gasteiger partial charge in [0.1, 0.15) is 6.10 Å².